The Bertz CT molecular complexity index is 418. The van der Waals surface area contributed by atoms with E-state index in [2.05, 4.69) is 29.8 Å². The molecule has 19 heavy (non-hydrogen) atoms. The monoisotopic (exact) mass is 330 g/mol. The number of aromatic carboxylic acids is 1. The third-order valence-corrected chi connectivity index (χ3v) is 2.99. The highest BCUT2D eigenvalue weighted by Crippen LogP contribution is 2.23. The summed E-state index contributed by atoms with van der Waals surface area (Å²) in [6.07, 6.45) is 1.01. The van der Waals surface area contributed by atoms with E-state index in [9.17, 15) is 4.79 Å². The molecular weight excluding hydrogens is 312 g/mol. The molecule has 5 heteroatoms. The molecule has 0 aliphatic rings. The molecule has 0 aliphatic heterocycles. The minimum absolute atomic E-state index is 0.150. The van der Waals surface area contributed by atoms with Crippen LogP contribution in [0.1, 0.15) is 30.6 Å². The van der Waals surface area contributed by atoms with Gasteiger partial charge in [-0.2, -0.15) is 0 Å². The zero-order valence-electron chi connectivity index (χ0n) is 11.2. The van der Waals surface area contributed by atoms with Gasteiger partial charge in [0.25, 0.3) is 0 Å². The summed E-state index contributed by atoms with van der Waals surface area (Å²) < 4.78 is 11.6. The summed E-state index contributed by atoms with van der Waals surface area (Å²) in [5.41, 5.74) is 0.150. The van der Waals surface area contributed by atoms with Crippen LogP contribution in [0.3, 0.4) is 0 Å². The number of rotatable bonds is 8. The topological polar surface area (TPSA) is 55.8 Å². The molecule has 106 valence electrons. The van der Waals surface area contributed by atoms with Crippen molar-refractivity contribution in [1.29, 1.82) is 0 Å². The molecule has 0 aliphatic carbocycles. The van der Waals surface area contributed by atoms with Gasteiger partial charge in [0.1, 0.15) is 17.9 Å². The van der Waals surface area contributed by atoms with E-state index in [1.54, 1.807) is 12.1 Å². The van der Waals surface area contributed by atoms with Crippen molar-refractivity contribution in [1.82, 2.24) is 0 Å². The van der Waals surface area contributed by atoms with Gasteiger partial charge in [-0.3, -0.25) is 0 Å². The van der Waals surface area contributed by atoms with E-state index in [4.69, 9.17) is 14.6 Å². The molecule has 1 N–H and O–H groups in total. The number of benzene rings is 1. The first-order chi connectivity index (χ1) is 9.00. The van der Waals surface area contributed by atoms with Gasteiger partial charge in [0.2, 0.25) is 0 Å². The molecule has 0 aromatic heterocycles. The number of carboxylic acids is 1. The number of ether oxygens (including phenoxy) is 2. The lowest BCUT2D eigenvalue weighted by atomic mass is 10.1. The van der Waals surface area contributed by atoms with Crippen molar-refractivity contribution in [2.24, 2.45) is 5.92 Å². The molecule has 0 heterocycles. The Labute approximate surface area is 121 Å². The first-order valence-corrected chi connectivity index (χ1v) is 7.03. The van der Waals surface area contributed by atoms with Gasteiger partial charge in [0.05, 0.1) is 6.61 Å². The van der Waals surface area contributed by atoms with Gasteiger partial charge >= 0.3 is 5.97 Å². The zero-order chi connectivity index (χ0) is 14.3. The molecule has 4 nitrogen and oxygen atoms in total. The fourth-order valence-electron chi connectivity index (χ4n) is 1.43. The number of hydrogen-bond donors (Lipinski definition) is 1. The largest absolute Gasteiger partial charge is 0.490 e. The quantitative estimate of drug-likeness (QED) is 0.740. The summed E-state index contributed by atoms with van der Waals surface area (Å²) in [6.45, 7) is 5.79. The average molecular weight is 331 g/mol. The number of carboxylic acid groups (broad SMARTS) is 1. The van der Waals surface area contributed by atoms with Crippen LogP contribution in [0.25, 0.3) is 0 Å². The first kappa shape index (κ1) is 16.0. The van der Waals surface area contributed by atoms with Crippen LogP contribution in [0.5, 0.6) is 5.75 Å². The molecule has 0 unspecified atom stereocenters. The Hall–Kier alpha value is -1.07. The maximum atomic E-state index is 11.1. The zero-order valence-corrected chi connectivity index (χ0v) is 12.8. The highest BCUT2D eigenvalue weighted by molar-refractivity contribution is 9.10. The normalized spacial score (nSPS) is 10.7. The minimum atomic E-state index is -1.00. The van der Waals surface area contributed by atoms with E-state index in [-0.39, 0.29) is 5.56 Å². The molecule has 0 amide bonds. The summed E-state index contributed by atoms with van der Waals surface area (Å²) in [5.74, 6) is -0.0220. The lowest BCUT2D eigenvalue weighted by Crippen LogP contribution is -2.10. The third kappa shape index (κ3) is 6.07. The van der Waals surface area contributed by atoms with Crippen LogP contribution in [-0.4, -0.2) is 30.9 Å². The Morgan fingerprint density at radius 1 is 1.32 bits per heavy atom. The standard InChI is InChI=1S/C14H19BrO4/c1-10(2)5-6-18-7-8-19-13-4-3-11(15)9-12(13)14(16)17/h3-4,9-10H,5-8H2,1-2H3,(H,16,17). The fourth-order valence-corrected chi connectivity index (χ4v) is 1.79. The second-order valence-corrected chi connectivity index (χ2v) is 5.50. The van der Waals surface area contributed by atoms with E-state index in [0.717, 1.165) is 6.42 Å². The Balaban J connectivity index is 2.39. The molecular formula is C14H19BrO4. The van der Waals surface area contributed by atoms with Crippen molar-refractivity contribution < 1.29 is 19.4 Å². The van der Waals surface area contributed by atoms with Crippen molar-refractivity contribution in [3.05, 3.63) is 28.2 Å². The molecule has 0 atom stereocenters. The Kier molecular flexibility index (Phi) is 6.87. The summed E-state index contributed by atoms with van der Waals surface area (Å²) in [4.78, 5) is 11.1. The van der Waals surface area contributed by atoms with E-state index in [0.29, 0.717) is 36.0 Å². The maximum absolute atomic E-state index is 11.1. The van der Waals surface area contributed by atoms with Crippen molar-refractivity contribution in [2.45, 2.75) is 20.3 Å². The second kappa shape index (κ2) is 8.17. The summed E-state index contributed by atoms with van der Waals surface area (Å²) in [5, 5.41) is 9.06. The van der Waals surface area contributed by atoms with Crippen LogP contribution in [0.4, 0.5) is 0 Å². The van der Waals surface area contributed by atoms with Gasteiger partial charge in [-0.15, -0.1) is 0 Å². The maximum Gasteiger partial charge on any atom is 0.339 e. The van der Waals surface area contributed by atoms with Gasteiger partial charge < -0.3 is 14.6 Å². The molecule has 0 spiro atoms. The molecule has 0 bridgehead atoms. The van der Waals surface area contributed by atoms with Gasteiger partial charge in [-0.05, 0) is 30.5 Å². The Morgan fingerprint density at radius 2 is 2.05 bits per heavy atom. The van der Waals surface area contributed by atoms with Crippen LogP contribution >= 0.6 is 15.9 Å². The van der Waals surface area contributed by atoms with Crippen LogP contribution in [0, 0.1) is 5.92 Å². The molecule has 0 saturated carbocycles. The minimum Gasteiger partial charge on any atom is -0.490 e. The first-order valence-electron chi connectivity index (χ1n) is 6.24. The SMILES string of the molecule is CC(C)CCOCCOc1ccc(Br)cc1C(=O)O. The van der Waals surface area contributed by atoms with E-state index >= 15 is 0 Å². The van der Waals surface area contributed by atoms with Gasteiger partial charge in [-0.25, -0.2) is 4.79 Å². The molecule has 0 saturated heterocycles. The number of hydrogen-bond acceptors (Lipinski definition) is 3. The van der Waals surface area contributed by atoms with Gasteiger partial charge in [0.15, 0.2) is 0 Å². The fraction of sp³-hybridized carbons (Fsp3) is 0.500. The summed E-state index contributed by atoms with van der Waals surface area (Å²) >= 11 is 3.24. The molecule has 1 rings (SSSR count). The highest BCUT2D eigenvalue weighted by atomic mass is 79.9. The lowest BCUT2D eigenvalue weighted by molar-refractivity contribution is 0.0683. The third-order valence-electron chi connectivity index (χ3n) is 2.50. The molecule has 0 radical (unpaired) electrons. The summed E-state index contributed by atoms with van der Waals surface area (Å²) in [6, 6.07) is 4.92. The molecule has 0 fully saturated rings. The predicted molar refractivity (Wildman–Crippen MR) is 76.9 cm³/mol. The number of carbonyl (C=O) groups is 1. The van der Waals surface area contributed by atoms with E-state index in [1.807, 2.05) is 0 Å². The Morgan fingerprint density at radius 3 is 2.68 bits per heavy atom. The van der Waals surface area contributed by atoms with Crippen molar-refractivity contribution in [3.63, 3.8) is 0 Å². The molecule has 1 aromatic carbocycles. The van der Waals surface area contributed by atoms with E-state index < -0.39 is 5.97 Å². The van der Waals surface area contributed by atoms with Gasteiger partial charge in [-0.1, -0.05) is 29.8 Å². The van der Waals surface area contributed by atoms with Crippen molar-refractivity contribution >= 4 is 21.9 Å². The molecule has 1 aromatic rings. The van der Waals surface area contributed by atoms with Crippen LogP contribution in [0.2, 0.25) is 0 Å². The second-order valence-electron chi connectivity index (χ2n) is 4.59. The van der Waals surface area contributed by atoms with E-state index in [1.165, 1.54) is 6.07 Å². The van der Waals surface area contributed by atoms with Crippen molar-refractivity contribution in [3.8, 4) is 5.75 Å². The summed E-state index contributed by atoms with van der Waals surface area (Å²) in [7, 11) is 0. The van der Waals surface area contributed by atoms with Crippen LogP contribution in [-0.2, 0) is 4.74 Å². The van der Waals surface area contributed by atoms with Gasteiger partial charge in [0, 0.05) is 11.1 Å². The lowest BCUT2D eigenvalue weighted by Gasteiger charge is -2.10. The average Bonchev–Trinajstić information content (AvgIpc) is 2.34. The van der Waals surface area contributed by atoms with Crippen LogP contribution in [0.15, 0.2) is 22.7 Å². The smallest absolute Gasteiger partial charge is 0.339 e. The number of halogens is 1. The predicted octanol–water partition coefficient (Wildman–Crippen LogP) is 3.59. The highest BCUT2D eigenvalue weighted by Gasteiger charge is 2.11. The van der Waals surface area contributed by atoms with Crippen LogP contribution < -0.4 is 4.74 Å². The van der Waals surface area contributed by atoms with Crippen molar-refractivity contribution in [2.75, 3.05) is 19.8 Å².